The van der Waals surface area contributed by atoms with E-state index in [-0.39, 0.29) is 24.5 Å². The normalized spacial score (nSPS) is 12.7. The third-order valence-corrected chi connectivity index (χ3v) is 5.36. The number of hydrogen-bond acceptors (Lipinski definition) is 3. The number of ether oxygens (including phenoxy) is 1. The number of nitrogens with zero attached hydrogens (tertiary/aromatic N) is 1. The second-order valence-corrected chi connectivity index (χ2v) is 7.88. The maximum absolute atomic E-state index is 13.1. The summed E-state index contributed by atoms with van der Waals surface area (Å²) in [5.74, 6) is 0.0339. The van der Waals surface area contributed by atoms with E-state index in [4.69, 9.17) is 16.3 Å². The van der Waals surface area contributed by atoms with Crippen molar-refractivity contribution in [2.24, 2.45) is 0 Å². The van der Waals surface area contributed by atoms with Crippen LogP contribution >= 0.6 is 11.6 Å². The van der Waals surface area contributed by atoms with E-state index in [1.54, 1.807) is 29.2 Å². The number of amides is 2. The molecule has 162 valence electrons. The van der Waals surface area contributed by atoms with Crippen LogP contribution in [-0.4, -0.2) is 35.4 Å². The number of nitrogens with one attached hydrogen (secondary N) is 1. The molecule has 0 spiro atoms. The molecule has 0 bridgehead atoms. The van der Waals surface area contributed by atoms with Crippen LogP contribution in [0.4, 0.5) is 0 Å². The highest BCUT2D eigenvalue weighted by atomic mass is 35.5. The Morgan fingerprint density at radius 2 is 1.73 bits per heavy atom. The van der Waals surface area contributed by atoms with Gasteiger partial charge < -0.3 is 15.0 Å². The van der Waals surface area contributed by atoms with Crippen LogP contribution in [0, 0.1) is 6.92 Å². The molecule has 0 unspecified atom stereocenters. The molecule has 2 aromatic rings. The number of para-hydroxylation sites is 1. The smallest absolute Gasteiger partial charge is 0.261 e. The van der Waals surface area contributed by atoms with Gasteiger partial charge in [0.15, 0.2) is 6.61 Å². The minimum atomic E-state index is -0.581. The first kappa shape index (κ1) is 23.7. The Kier molecular flexibility index (Phi) is 9.18. The minimum absolute atomic E-state index is 0.0438. The summed E-state index contributed by atoms with van der Waals surface area (Å²) in [5, 5.41) is 3.44. The van der Waals surface area contributed by atoms with Crippen molar-refractivity contribution in [3.63, 3.8) is 0 Å². The highest BCUT2D eigenvalue weighted by Gasteiger charge is 2.29. The molecule has 0 fully saturated rings. The molecule has 0 aliphatic heterocycles. The summed E-state index contributed by atoms with van der Waals surface area (Å²) in [5.41, 5.74) is 2.10. The molecule has 0 saturated carbocycles. The van der Waals surface area contributed by atoms with Gasteiger partial charge in [-0.25, -0.2) is 0 Å². The Hall–Kier alpha value is -2.53. The predicted molar refractivity (Wildman–Crippen MR) is 121 cm³/mol. The minimum Gasteiger partial charge on any atom is -0.482 e. The lowest BCUT2D eigenvalue weighted by molar-refractivity contribution is -0.143. The van der Waals surface area contributed by atoms with E-state index in [0.717, 1.165) is 17.5 Å². The molecule has 30 heavy (non-hydrogen) atoms. The zero-order valence-corrected chi connectivity index (χ0v) is 18.9. The van der Waals surface area contributed by atoms with E-state index in [1.807, 2.05) is 52.0 Å². The van der Waals surface area contributed by atoms with E-state index < -0.39 is 6.04 Å². The van der Waals surface area contributed by atoms with Gasteiger partial charge in [0, 0.05) is 12.6 Å². The number of carbonyl (C=O) groups is 2. The van der Waals surface area contributed by atoms with Crippen LogP contribution < -0.4 is 10.1 Å². The van der Waals surface area contributed by atoms with Crippen molar-refractivity contribution < 1.29 is 14.3 Å². The van der Waals surface area contributed by atoms with Crippen LogP contribution in [0.25, 0.3) is 0 Å². The van der Waals surface area contributed by atoms with Crippen LogP contribution in [0.5, 0.6) is 5.75 Å². The highest BCUT2D eigenvalue weighted by molar-refractivity contribution is 6.32. The first-order chi connectivity index (χ1) is 14.3. The van der Waals surface area contributed by atoms with Gasteiger partial charge in [-0.05, 0) is 44.4 Å². The maximum atomic E-state index is 13.1. The average molecular weight is 431 g/mol. The summed E-state index contributed by atoms with van der Waals surface area (Å²) in [7, 11) is 0. The lowest BCUT2D eigenvalue weighted by Gasteiger charge is -2.31. The van der Waals surface area contributed by atoms with Crippen molar-refractivity contribution in [3.05, 3.63) is 64.7 Å². The van der Waals surface area contributed by atoms with Gasteiger partial charge >= 0.3 is 0 Å². The number of aryl methyl sites for hydroxylation is 1. The van der Waals surface area contributed by atoms with Gasteiger partial charge in [-0.15, -0.1) is 0 Å². The zero-order chi connectivity index (χ0) is 22.1. The van der Waals surface area contributed by atoms with Gasteiger partial charge in [-0.2, -0.15) is 0 Å². The molecule has 0 aliphatic carbocycles. The fourth-order valence-electron chi connectivity index (χ4n) is 3.03. The van der Waals surface area contributed by atoms with E-state index >= 15 is 0 Å². The number of hydrogen-bond donors (Lipinski definition) is 1. The van der Waals surface area contributed by atoms with Gasteiger partial charge in [-0.3, -0.25) is 9.59 Å². The van der Waals surface area contributed by atoms with Gasteiger partial charge in [-0.1, -0.05) is 67.4 Å². The van der Waals surface area contributed by atoms with Crippen LogP contribution in [0.15, 0.2) is 48.5 Å². The van der Waals surface area contributed by atoms with E-state index in [9.17, 15) is 9.59 Å². The molecule has 0 aromatic heterocycles. The third-order valence-electron chi connectivity index (χ3n) is 5.05. The number of rotatable bonds is 10. The first-order valence-electron chi connectivity index (χ1n) is 10.4. The quantitative estimate of drug-likeness (QED) is 0.591. The third kappa shape index (κ3) is 6.77. The fraction of sp³-hybridized carbons (Fsp3) is 0.417. The molecule has 0 aliphatic rings. The summed E-state index contributed by atoms with van der Waals surface area (Å²) >= 11 is 6.13. The molecule has 1 N–H and O–H groups in total. The summed E-state index contributed by atoms with van der Waals surface area (Å²) < 4.78 is 5.66. The second-order valence-electron chi connectivity index (χ2n) is 7.47. The SMILES string of the molecule is CC[C@H](C)NC(=O)[C@H](CC)N(Cc1ccc(C)cc1)C(=O)COc1ccccc1Cl. The Balaban J connectivity index is 2.21. The molecular weight excluding hydrogens is 400 g/mol. The highest BCUT2D eigenvalue weighted by Crippen LogP contribution is 2.23. The van der Waals surface area contributed by atoms with Gasteiger partial charge in [0.05, 0.1) is 5.02 Å². The second kappa shape index (κ2) is 11.6. The monoisotopic (exact) mass is 430 g/mol. The number of carbonyl (C=O) groups excluding carboxylic acids is 2. The van der Waals surface area contributed by atoms with Crippen molar-refractivity contribution >= 4 is 23.4 Å². The van der Waals surface area contributed by atoms with E-state index in [1.165, 1.54) is 0 Å². The van der Waals surface area contributed by atoms with Gasteiger partial charge in [0.25, 0.3) is 5.91 Å². The standard InChI is InChI=1S/C24H31ClN2O3/c1-5-18(4)26-24(29)21(6-2)27(15-19-13-11-17(3)12-14-19)23(28)16-30-22-10-8-7-9-20(22)25/h7-14,18,21H,5-6,15-16H2,1-4H3,(H,26,29)/t18-,21-/m0/s1. The molecule has 2 rings (SSSR count). The van der Waals surface area contributed by atoms with Crippen LogP contribution in [0.3, 0.4) is 0 Å². The molecule has 0 heterocycles. The lowest BCUT2D eigenvalue weighted by atomic mass is 10.1. The molecule has 6 heteroatoms. The molecular formula is C24H31ClN2O3. The van der Waals surface area contributed by atoms with Crippen LogP contribution in [0.1, 0.15) is 44.7 Å². The van der Waals surface area contributed by atoms with Gasteiger partial charge in [0.1, 0.15) is 11.8 Å². The van der Waals surface area contributed by atoms with Crippen molar-refractivity contribution in [1.82, 2.24) is 10.2 Å². The van der Waals surface area contributed by atoms with Crippen LogP contribution in [0.2, 0.25) is 5.02 Å². The average Bonchev–Trinajstić information content (AvgIpc) is 2.74. The molecule has 0 radical (unpaired) electrons. The lowest BCUT2D eigenvalue weighted by Crippen LogP contribution is -2.51. The van der Waals surface area contributed by atoms with Crippen molar-refractivity contribution in [1.29, 1.82) is 0 Å². The topological polar surface area (TPSA) is 58.6 Å². The van der Waals surface area contributed by atoms with Gasteiger partial charge in [0.2, 0.25) is 5.91 Å². The summed E-state index contributed by atoms with van der Waals surface area (Å²) in [6.45, 7) is 8.03. The van der Waals surface area contributed by atoms with E-state index in [2.05, 4.69) is 5.32 Å². The zero-order valence-electron chi connectivity index (χ0n) is 18.2. The molecule has 2 amide bonds. The number of halogens is 1. The maximum Gasteiger partial charge on any atom is 0.261 e. The van der Waals surface area contributed by atoms with Crippen LogP contribution in [-0.2, 0) is 16.1 Å². The fourth-order valence-corrected chi connectivity index (χ4v) is 3.23. The predicted octanol–water partition coefficient (Wildman–Crippen LogP) is 4.75. The number of benzene rings is 2. The molecule has 2 atom stereocenters. The Morgan fingerprint density at radius 3 is 2.33 bits per heavy atom. The van der Waals surface area contributed by atoms with E-state index in [0.29, 0.717) is 23.7 Å². The van der Waals surface area contributed by atoms with Crippen molar-refractivity contribution in [2.75, 3.05) is 6.61 Å². The molecule has 5 nitrogen and oxygen atoms in total. The first-order valence-corrected chi connectivity index (χ1v) is 10.8. The summed E-state index contributed by atoms with van der Waals surface area (Å²) in [6, 6.07) is 14.4. The Bertz CT molecular complexity index is 839. The Labute approximate surface area is 184 Å². The Morgan fingerprint density at radius 1 is 1.07 bits per heavy atom. The molecule has 2 aromatic carbocycles. The van der Waals surface area contributed by atoms with Crippen molar-refractivity contribution in [3.8, 4) is 5.75 Å². The summed E-state index contributed by atoms with van der Waals surface area (Å²) in [6.07, 6.45) is 1.33. The largest absolute Gasteiger partial charge is 0.482 e. The summed E-state index contributed by atoms with van der Waals surface area (Å²) in [4.78, 5) is 27.6. The molecule has 0 saturated heterocycles. The van der Waals surface area contributed by atoms with Crippen molar-refractivity contribution in [2.45, 2.75) is 59.2 Å².